The molecule has 2 aromatic rings. The zero-order chi connectivity index (χ0) is 20.5. The number of piperazine rings is 1. The van der Waals surface area contributed by atoms with Gasteiger partial charge in [0.25, 0.3) is 0 Å². The Morgan fingerprint density at radius 3 is 2.13 bits per heavy atom. The first-order valence-corrected chi connectivity index (χ1v) is 11.1. The molecule has 2 heterocycles. The quantitative estimate of drug-likeness (QED) is 0.818. The smallest absolute Gasteiger partial charge is 0.318 e. The maximum Gasteiger partial charge on any atom is 0.318 e. The van der Waals surface area contributed by atoms with Crippen molar-refractivity contribution in [2.24, 2.45) is 0 Å². The molecule has 3 aliphatic rings. The second-order valence-corrected chi connectivity index (χ2v) is 8.82. The van der Waals surface area contributed by atoms with Crippen LogP contribution in [0, 0.1) is 11.3 Å². The summed E-state index contributed by atoms with van der Waals surface area (Å²) in [6.07, 6.45) is 5.99. The predicted octanol–water partition coefficient (Wildman–Crippen LogP) is 4.01. The van der Waals surface area contributed by atoms with Gasteiger partial charge < -0.3 is 15.5 Å². The monoisotopic (exact) mass is 400 g/mol. The summed E-state index contributed by atoms with van der Waals surface area (Å²) in [5, 5.41) is 15.7. The van der Waals surface area contributed by atoms with Gasteiger partial charge in [0.05, 0.1) is 23.7 Å². The summed E-state index contributed by atoms with van der Waals surface area (Å²) in [4.78, 5) is 15.0. The van der Waals surface area contributed by atoms with Gasteiger partial charge >= 0.3 is 6.03 Å². The molecule has 1 saturated carbocycles. The third-order valence-corrected chi connectivity index (χ3v) is 7.06. The van der Waals surface area contributed by atoms with E-state index in [-0.39, 0.29) is 18.1 Å². The summed E-state index contributed by atoms with van der Waals surface area (Å²) in [6, 6.07) is 19.5. The number of likely N-dealkylation sites (tertiary alicyclic amines) is 1. The lowest BCUT2D eigenvalue weighted by molar-refractivity contribution is -0.00491. The van der Waals surface area contributed by atoms with Crippen LogP contribution in [-0.4, -0.2) is 42.1 Å². The molecule has 2 bridgehead atoms. The molecule has 2 N–H and O–H groups in total. The van der Waals surface area contributed by atoms with Crippen molar-refractivity contribution in [2.45, 2.75) is 56.1 Å². The molecule has 5 heteroatoms. The molecule has 2 saturated heterocycles. The molecule has 2 amide bonds. The van der Waals surface area contributed by atoms with Crippen LogP contribution in [0.25, 0.3) is 11.1 Å². The Morgan fingerprint density at radius 1 is 0.933 bits per heavy atom. The summed E-state index contributed by atoms with van der Waals surface area (Å²) in [6.45, 7) is 1.72. The van der Waals surface area contributed by atoms with Crippen LogP contribution in [0.4, 0.5) is 4.79 Å². The van der Waals surface area contributed by atoms with Gasteiger partial charge in [-0.15, -0.1) is 0 Å². The molecule has 1 unspecified atom stereocenters. The highest BCUT2D eigenvalue weighted by atomic mass is 16.2. The molecule has 2 aromatic carbocycles. The van der Waals surface area contributed by atoms with E-state index in [0.29, 0.717) is 17.5 Å². The second-order valence-electron chi connectivity index (χ2n) is 8.82. The average molecular weight is 401 g/mol. The van der Waals surface area contributed by atoms with Crippen LogP contribution in [0.1, 0.15) is 49.1 Å². The van der Waals surface area contributed by atoms with E-state index in [1.807, 2.05) is 24.3 Å². The number of carbonyl (C=O) groups is 1. The minimum atomic E-state index is 0.129. The summed E-state index contributed by atoms with van der Waals surface area (Å²) in [5.41, 5.74) is 4.25. The SMILES string of the molecule is N#Cc1ccc(-c2ccc(C3[C@H]4CNC[C@@H]3N4C(=O)NC3CCCCC3)cc2)cc1. The number of benzene rings is 2. The van der Waals surface area contributed by atoms with E-state index in [1.54, 1.807) is 0 Å². The zero-order valence-electron chi connectivity index (χ0n) is 17.2. The number of amides is 2. The van der Waals surface area contributed by atoms with Crippen LogP contribution in [0.15, 0.2) is 48.5 Å². The molecule has 1 aliphatic carbocycles. The first-order valence-electron chi connectivity index (χ1n) is 11.1. The molecule has 0 spiro atoms. The maximum absolute atomic E-state index is 12.9. The summed E-state index contributed by atoms with van der Waals surface area (Å²) < 4.78 is 0. The van der Waals surface area contributed by atoms with Gasteiger partial charge in [-0.25, -0.2) is 4.79 Å². The number of hydrogen-bond acceptors (Lipinski definition) is 3. The van der Waals surface area contributed by atoms with Crippen molar-refractivity contribution >= 4 is 6.03 Å². The van der Waals surface area contributed by atoms with Gasteiger partial charge in [-0.2, -0.15) is 5.26 Å². The fourth-order valence-electron chi connectivity index (χ4n) is 5.45. The summed E-state index contributed by atoms with van der Waals surface area (Å²) in [5.74, 6) is 0.401. The van der Waals surface area contributed by atoms with Gasteiger partial charge in [0.15, 0.2) is 0 Å². The minimum absolute atomic E-state index is 0.129. The number of nitrogens with one attached hydrogen (secondary N) is 2. The number of nitrogens with zero attached hydrogens (tertiary/aromatic N) is 2. The highest BCUT2D eigenvalue weighted by Crippen LogP contribution is 2.43. The first-order chi connectivity index (χ1) is 14.7. The Labute approximate surface area is 178 Å². The normalized spacial score (nSPS) is 25.8. The Hall–Kier alpha value is -2.84. The van der Waals surface area contributed by atoms with Crippen molar-refractivity contribution in [1.82, 2.24) is 15.5 Å². The van der Waals surface area contributed by atoms with E-state index in [0.717, 1.165) is 37.1 Å². The van der Waals surface area contributed by atoms with Crippen molar-refractivity contribution in [3.63, 3.8) is 0 Å². The molecule has 0 aromatic heterocycles. The topological polar surface area (TPSA) is 68.2 Å². The molecular formula is C25H28N4O. The Balaban J connectivity index is 1.28. The van der Waals surface area contributed by atoms with Crippen molar-refractivity contribution < 1.29 is 4.79 Å². The standard InChI is InChI=1S/C25H28N4O/c26-14-17-6-8-18(9-7-17)19-10-12-20(13-11-19)24-22-15-27-16-23(24)29(22)25(30)28-21-4-2-1-3-5-21/h6-13,21-24,27H,1-5,15-16H2,(H,28,30)/t22-,23+,24?. The second kappa shape index (κ2) is 8.12. The van der Waals surface area contributed by atoms with E-state index in [2.05, 4.69) is 45.9 Å². The Morgan fingerprint density at radius 2 is 1.53 bits per heavy atom. The molecule has 3 fully saturated rings. The van der Waals surface area contributed by atoms with Gasteiger partial charge in [0.1, 0.15) is 0 Å². The van der Waals surface area contributed by atoms with Gasteiger partial charge in [-0.05, 0) is 41.7 Å². The van der Waals surface area contributed by atoms with Crippen molar-refractivity contribution in [1.29, 1.82) is 5.26 Å². The highest BCUT2D eigenvalue weighted by molar-refractivity contribution is 5.77. The van der Waals surface area contributed by atoms with Crippen molar-refractivity contribution in [3.8, 4) is 17.2 Å². The lowest BCUT2D eigenvalue weighted by atomic mass is 9.72. The minimum Gasteiger partial charge on any atom is -0.335 e. The lowest BCUT2D eigenvalue weighted by Crippen LogP contribution is -2.75. The van der Waals surface area contributed by atoms with Crippen LogP contribution in [0.3, 0.4) is 0 Å². The fourth-order valence-corrected chi connectivity index (χ4v) is 5.45. The van der Waals surface area contributed by atoms with E-state index in [4.69, 9.17) is 5.26 Å². The number of nitriles is 1. The predicted molar refractivity (Wildman–Crippen MR) is 117 cm³/mol. The third-order valence-electron chi connectivity index (χ3n) is 7.06. The van der Waals surface area contributed by atoms with Gasteiger partial charge in [-0.3, -0.25) is 0 Å². The molecule has 30 heavy (non-hydrogen) atoms. The van der Waals surface area contributed by atoms with E-state index < -0.39 is 0 Å². The molecule has 5 nitrogen and oxygen atoms in total. The van der Waals surface area contributed by atoms with Crippen LogP contribution in [0.5, 0.6) is 0 Å². The number of fused-ring (bicyclic) bond motifs is 2. The summed E-state index contributed by atoms with van der Waals surface area (Å²) >= 11 is 0. The van der Waals surface area contributed by atoms with Gasteiger partial charge in [-0.1, -0.05) is 55.7 Å². The lowest BCUT2D eigenvalue weighted by Gasteiger charge is -2.59. The number of piperidine rings is 1. The number of carbonyl (C=O) groups excluding carboxylic acids is 1. The Bertz CT molecular complexity index is 929. The number of rotatable bonds is 3. The summed E-state index contributed by atoms with van der Waals surface area (Å²) in [7, 11) is 0. The van der Waals surface area contributed by atoms with E-state index in [9.17, 15) is 4.79 Å². The fraction of sp³-hybridized carbons (Fsp3) is 0.440. The van der Waals surface area contributed by atoms with Crippen LogP contribution in [-0.2, 0) is 0 Å². The Kier molecular flexibility index (Phi) is 5.18. The van der Waals surface area contributed by atoms with Crippen molar-refractivity contribution in [3.05, 3.63) is 59.7 Å². The average Bonchev–Trinajstić information content (AvgIpc) is 2.81. The molecule has 154 valence electrons. The van der Waals surface area contributed by atoms with Gasteiger partial charge in [0, 0.05) is 25.0 Å². The van der Waals surface area contributed by atoms with E-state index >= 15 is 0 Å². The van der Waals surface area contributed by atoms with Crippen LogP contribution >= 0.6 is 0 Å². The molecule has 5 rings (SSSR count). The molecular weight excluding hydrogens is 372 g/mol. The highest BCUT2D eigenvalue weighted by Gasteiger charge is 2.53. The molecule has 0 radical (unpaired) electrons. The number of hydrogen-bond donors (Lipinski definition) is 2. The largest absolute Gasteiger partial charge is 0.335 e. The molecule has 2 aliphatic heterocycles. The first kappa shape index (κ1) is 19.1. The van der Waals surface area contributed by atoms with Crippen LogP contribution in [0.2, 0.25) is 0 Å². The zero-order valence-corrected chi connectivity index (χ0v) is 17.2. The van der Waals surface area contributed by atoms with Crippen molar-refractivity contribution in [2.75, 3.05) is 13.1 Å². The van der Waals surface area contributed by atoms with Gasteiger partial charge in [0.2, 0.25) is 0 Å². The third kappa shape index (κ3) is 3.46. The number of urea groups is 1. The maximum atomic E-state index is 12.9. The van der Waals surface area contributed by atoms with Crippen LogP contribution < -0.4 is 10.6 Å². The molecule has 3 atom stereocenters. The van der Waals surface area contributed by atoms with E-state index in [1.165, 1.54) is 24.8 Å².